The van der Waals surface area contributed by atoms with Gasteiger partial charge in [0.2, 0.25) is 0 Å². The van der Waals surface area contributed by atoms with Gasteiger partial charge in [-0.3, -0.25) is 14.5 Å². The molecule has 4 rings (SSSR count). The molecule has 190 valence electrons. The summed E-state index contributed by atoms with van der Waals surface area (Å²) in [5, 5.41) is 11.7. The number of hydrogen-bond acceptors (Lipinski definition) is 7. The van der Waals surface area contributed by atoms with Crippen LogP contribution in [0.1, 0.15) is 27.5 Å². The second-order valence-corrected chi connectivity index (χ2v) is 8.80. The van der Waals surface area contributed by atoms with Crippen molar-refractivity contribution < 1.29 is 33.7 Å². The van der Waals surface area contributed by atoms with Gasteiger partial charge >= 0.3 is 5.97 Å². The van der Waals surface area contributed by atoms with Gasteiger partial charge < -0.3 is 19.3 Å². The molecule has 0 spiro atoms. The van der Waals surface area contributed by atoms with Crippen LogP contribution in [0, 0.1) is 0 Å². The molecule has 1 aliphatic rings. The molecule has 1 unspecified atom stereocenters. The Morgan fingerprint density at radius 1 is 0.946 bits per heavy atom. The maximum Gasteiger partial charge on any atom is 0.337 e. The predicted octanol–water partition coefficient (Wildman–Crippen LogP) is 5.42. The molecule has 37 heavy (non-hydrogen) atoms. The number of rotatable bonds is 6. The molecular formula is C27H21Cl2NO7. The summed E-state index contributed by atoms with van der Waals surface area (Å²) in [7, 11) is 4.10. The number of carbonyl (C=O) groups is 3. The van der Waals surface area contributed by atoms with Crippen molar-refractivity contribution in [1.29, 1.82) is 0 Å². The molecule has 1 fully saturated rings. The van der Waals surface area contributed by atoms with Gasteiger partial charge in [0.05, 0.1) is 49.1 Å². The van der Waals surface area contributed by atoms with Crippen LogP contribution in [0.3, 0.4) is 0 Å². The van der Waals surface area contributed by atoms with Crippen molar-refractivity contribution >= 4 is 52.3 Å². The Morgan fingerprint density at radius 2 is 1.65 bits per heavy atom. The van der Waals surface area contributed by atoms with Crippen molar-refractivity contribution in [2.75, 3.05) is 26.2 Å². The number of methoxy groups -OCH3 is 3. The SMILES string of the molecule is COC(=O)c1cccc(N2C(=O)C(=O)/C(=C(/O)c3cc(Cl)cc(Cl)c3OC)C2c2ccc(OC)cc2)c1. The van der Waals surface area contributed by atoms with Crippen LogP contribution >= 0.6 is 23.2 Å². The van der Waals surface area contributed by atoms with Crippen LogP contribution in [0.25, 0.3) is 5.76 Å². The van der Waals surface area contributed by atoms with Crippen LogP contribution in [-0.2, 0) is 14.3 Å². The van der Waals surface area contributed by atoms with Crippen LogP contribution in [0.4, 0.5) is 5.69 Å². The van der Waals surface area contributed by atoms with Gasteiger partial charge in [-0.25, -0.2) is 4.79 Å². The number of aliphatic hydroxyl groups excluding tert-OH is 1. The highest BCUT2D eigenvalue weighted by molar-refractivity contribution is 6.52. The first-order valence-electron chi connectivity index (χ1n) is 10.9. The molecule has 0 saturated carbocycles. The maximum atomic E-state index is 13.4. The predicted molar refractivity (Wildman–Crippen MR) is 139 cm³/mol. The number of halogens is 2. The lowest BCUT2D eigenvalue weighted by atomic mass is 9.94. The zero-order valence-electron chi connectivity index (χ0n) is 20.0. The average molecular weight is 542 g/mol. The van der Waals surface area contributed by atoms with Crippen molar-refractivity contribution in [3.8, 4) is 11.5 Å². The molecule has 1 heterocycles. The Bertz CT molecular complexity index is 1430. The van der Waals surface area contributed by atoms with Crippen LogP contribution in [-0.4, -0.2) is 44.1 Å². The fourth-order valence-electron chi connectivity index (χ4n) is 4.19. The Balaban J connectivity index is 1.99. The molecule has 1 aliphatic heterocycles. The number of Topliss-reactive ketones (excluding diaryl/α,β-unsaturated/α-hetero) is 1. The molecule has 8 nitrogen and oxygen atoms in total. The molecule has 0 aromatic heterocycles. The molecule has 3 aromatic rings. The standard InChI is InChI=1S/C27H21Cl2NO7/c1-35-18-9-7-14(8-10-18)22-21(23(31)19-12-16(28)13-20(29)25(19)36-2)24(32)26(33)30(22)17-6-4-5-15(11-17)27(34)37-3/h4-13,22,31H,1-3H3/b23-21+. The Labute approximate surface area is 222 Å². The number of benzene rings is 3. The fourth-order valence-corrected chi connectivity index (χ4v) is 4.76. The van der Waals surface area contributed by atoms with Crippen molar-refractivity contribution in [2.45, 2.75) is 6.04 Å². The van der Waals surface area contributed by atoms with E-state index in [1.165, 1.54) is 50.5 Å². The molecule has 0 radical (unpaired) electrons. The van der Waals surface area contributed by atoms with E-state index in [1.54, 1.807) is 36.4 Å². The lowest BCUT2D eigenvalue weighted by Crippen LogP contribution is -2.29. The van der Waals surface area contributed by atoms with E-state index in [4.69, 9.17) is 37.4 Å². The summed E-state index contributed by atoms with van der Waals surface area (Å²) in [5.41, 5.74) is 0.756. The third-order valence-corrected chi connectivity index (χ3v) is 6.39. The summed E-state index contributed by atoms with van der Waals surface area (Å²) in [5.74, 6) is -2.35. The zero-order valence-corrected chi connectivity index (χ0v) is 21.5. The van der Waals surface area contributed by atoms with Gasteiger partial charge in [0.25, 0.3) is 11.7 Å². The van der Waals surface area contributed by atoms with Crippen LogP contribution < -0.4 is 14.4 Å². The van der Waals surface area contributed by atoms with Gasteiger partial charge in [-0.1, -0.05) is 41.4 Å². The second-order valence-electron chi connectivity index (χ2n) is 7.95. The molecular weight excluding hydrogens is 521 g/mol. The number of ether oxygens (including phenoxy) is 3. The van der Waals surface area contributed by atoms with E-state index in [-0.39, 0.29) is 38.2 Å². The summed E-state index contributed by atoms with van der Waals surface area (Å²) in [6.07, 6.45) is 0. The van der Waals surface area contributed by atoms with E-state index >= 15 is 0 Å². The number of ketones is 1. The first-order chi connectivity index (χ1) is 17.7. The van der Waals surface area contributed by atoms with E-state index in [1.807, 2.05) is 0 Å². The van der Waals surface area contributed by atoms with E-state index in [0.29, 0.717) is 11.3 Å². The molecule has 1 N–H and O–H groups in total. The van der Waals surface area contributed by atoms with Gasteiger partial charge in [-0.05, 0) is 48.0 Å². The second kappa shape index (κ2) is 10.5. The Kier molecular flexibility index (Phi) is 7.42. The number of hydrogen-bond donors (Lipinski definition) is 1. The highest BCUT2D eigenvalue weighted by atomic mass is 35.5. The summed E-state index contributed by atoms with van der Waals surface area (Å²) >= 11 is 12.4. The zero-order chi connectivity index (χ0) is 26.9. The molecule has 3 aromatic carbocycles. The number of nitrogens with zero attached hydrogens (tertiary/aromatic N) is 1. The number of carbonyl (C=O) groups excluding carboxylic acids is 3. The maximum absolute atomic E-state index is 13.4. The summed E-state index contributed by atoms with van der Waals surface area (Å²) in [4.78, 5) is 40.2. The molecule has 0 bridgehead atoms. The van der Waals surface area contributed by atoms with E-state index in [0.717, 1.165) is 0 Å². The minimum Gasteiger partial charge on any atom is -0.507 e. The lowest BCUT2D eigenvalue weighted by molar-refractivity contribution is -0.132. The molecule has 1 atom stereocenters. The van der Waals surface area contributed by atoms with Gasteiger partial charge in [0.1, 0.15) is 17.3 Å². The number of anilines is 1. The van der Waals surface area contributed by atoms with E-state index in [9.17, 15) is 19.5 Å². The van der Waals surface area contributed by atoms with Crippen molar-refractivity contribution in [3.63, 3.8) is 0 Å². The Hall–Kier alpha value is -4.01. The molecule has 1 amide bonds. The van der Waals surface area contributed by atoms with Gasteiger partial charge in [-0.2, -0.15) is 0 Å². The van der Waals surface area contributed by atoms with Crippen LogP contribution in [0.2, 0.25) is 10.0 Å². The van der Waals surface area contributed by atoms with Crippen molar-refractivity contribution in [3.05, 3.63) is 93.0 Å². The Morgan fingerprint density at radius 3 is 2.27 bits per heavy atom. The largest absolute Gasteiger partial charge is 0.507 e. The third kappa shape index (κ3) is 4.73. The summed E-state index contributed by atoms with van der Waals surface area (Å²) in [6, 6.07) is 14.5. The van der Waals surface area contributed by atoms with Gasteiger partial charge in [0.15, 0.2) is 0 Å². The number of amides is 1. The first kappa shape index (κ1) is 26.1. The summed E-state index contributed by atoms with van der Waals surface area (Å²) < 4.78 is 15.4. The molecule has 10 heteroatoms. The van der Waals surface area contributed by atoms with E-state index in [2.05, 4.69) is 0 Å². The normalized spacial score (nSPS) is 16.6. The molecule has 1 saturated heterocycles. The van der Waals surface area contributed by atoms with Crippen molar-refractivity contribution in [1.82, 2.24) is 0 Å². The third-order valence-electron chi connectivity index (χ3n) is 5.89. The van der Waals surface area contributed by atoms with Gasteiger partial charge in [0, 0.05) is 10.7 Å². The number of aliphatic hydroxyl groups is 1. The first-order valence-corrected chi connectivity index (χ1v) is 11.6. The highest BCUT2D eigenvalue weighted by Crippen LogP contribution is 2.45. The fraction of sp³-hybridized carbons (Fsp3) is 0.148. The monoisotopic (exact) mass is 541 g/mol. The smallest absolute Gasteiger partial charge is 0.337 e. The van der Waals surface area contributed by atoms with Crippen LogP contribution in [0.15, 0.2) is 66.2 Å². The summed E-state index contributed by atoms with van der Waals surface area (Å²) in [6.45, 7) is 0. The van der Waals surface area contributed by atoms with Crippen LogP contribution in [0.5, 0.6) is 11.5 Å². The lowest BCUT2D eigenvalue weighted by Gasteiger charge is -2.26. The minimum atomic E-state index is -1.07. The average Bonchev–Trinajstić information content (AvgIpc) is 3.17. The molecule has 0 aliphatic carbocycles. The quantitative estimate of drug-likeness (QED) is 0.192. The number of esters is 1. The van der Waals surface area contributed by atoms with Crippen molar-refractivity contribution in [2.24, 2.45) is 0 Å². The van der Waals surface area contributed by atoms with E-state index < -0.39 is 29.5 Å². The minimum absolute atomic E-state index is 0.0415. The topological polar surface area (TPSA) is 102 Å². The van der Waals surface area contributed by atoms with Gasteiger partial charge in [-0.15, -0.1) is 0 Å². The highest BCUT2D eigenvalue weighted by Gasteiger charge is 2.47.